The zero-order valence-electron chi connectivity index (χ0n) is 8.59. The zero-order valence-corrected chi connectivity index (χ0v) is 9.35. The molecule has 1 saturated heterocycles. The van der Waals surface area contributed by atoms with Gasteiger partial charge in [-0.3, -0.25) is 4.90 Å². The molecule has 0 aliphatic carbocycles. The van der Waals surface area contributed by atoms with Crippen LogP contribution in [0.15, 0.2) is 12.2 Å². The number of halogens is 1. The Balaban J connectivity index is 2.29. The number of hydrogen-bond acceptors (Lipinski definition) is 2. The van der Waals surface area contributed by atoms with Crippen molar-refractivity contribution in [2.45, 2.75) is 12.5 Å². The smallest absolute Gasteiger partial charge is 0.0443 e. The number of hydrogen-bond donors (Lipinski definition) is 0. The Morgan fingerprint density at radius 1 is 1.62 bits per heavy atom. The summed E-state index contributed by atoms with van der Waals surface area (Å²) in [6, 6.07) is 0.711. The molecule has 2 nitrogen and oxygen atoms in total. The SMILES string of the molecule is C=C(CCl)CN1CCC(N(C)C)C1. The molecule has 1 aliphatic heterocycles. The fraction of sp³-hybridized carbons (Fsp3) is 0.800. The van der Waals surface area contributed by atoms with Gasteiger partial charge in [0.15, 0.2) is 0 Å². The Hall–Kier alpha value is -0.0500. The molecule has 1 rings (SSSR count). The van der Waals surface area contributed by atoms with Gasteiger partial charge < -0.3 is 4.90 Å². The maximum absolute atomic E-state index is 5.69. The minimum atomic E-state index is 0.586. The first-order valence-electron chi connectivity index (χ1n) is 4.75. The topological polar surface area (TPSA) is 6.48 Å². The third-order valence-corrected chi connectivity index (χ3v) is 2.99. The number of rotatable bonds is 4. The quantitative estimate of drug-likeness (QED) is 0.503. The van der Waals surface area contributed by atoms with Crippen molar-refractivity contribution in [2.75, 3.05) is 39.6 Å². The first-order valence-corrected chi connectivity index (χ1v) is 5.28. The van der Waals surface area contributed by atoms with Gasteiger partial charge in [0.05, 0.1) is 0 Å². The summed E-state index contributed by atoms with van der Waals surface area (Å²) in [5.41, 5.74) is 1.13. The maximum Gasteiger partial charge on any atom is 0.0443 e. The molecule has 0 spiro atoms. The van der Waals surface area contributed by atoms with Crippen LogP contribution in [-0.4, -0.2) is 55.5 Å². The van der Waals surface area contributed by atoms with Crippen LogP contribution in [0.1, 0.15) is 6.42 Å². The number of likely N-dealkylation sites (N-methyl/N-ethyl adjacent to an activating group) is 1. The van der Waals surface area contributed by atoms with Crippen LogP contribution in [0, 0.1) is 0 Å². The predicted octanol–water partition coefficient (Wildman–Crippen LogP) is 1.42. The minimum Gasteiger partial charge on any atom is -0.305 e. The van der Waals surface area contributed by atoms with Crippen LogP contribution in [0.4, 0.5) is 0 Å². The van der Waals surface area contributed by atoms with E-state index in [9.17, 15) is 0 Å². The molecule has 1 atom stereocenters. The average molecular weight is 203 g/mol. The van der Waals surface area contributed by atoms with Gasteiger partial charge in [-0.15, -0.1) is 11.6 Å². The van der Waals surface area contributed by atoms with Gasteiger partial charge in [0, 0.05) is 31.6 Å². The van der Waals surface area contributed by atoms with E-state index in [0.717, 1.165) is 18.7 Å². The summed E-state index contributed by atoms with van der Waals surface area (Å²) in [7, 11) is 4.29. The molecule has 0 bridgehead atoms. The molecular formula is C10H19ClN2. The van der Waals surface area contributed by atoms with Gasteiger partial charge in [0.1, 0.15) is 0 Å². The summed E-state index contributed by atoms with van der Waals surface area (Å²) < 4.78 is 0. The zero-order chi connectivity index (χ0) is 9.84. The van der Waals surface area contributed by atoms with Crippen LogP contribution >= 0.6 is 11.6 Å². The highest BCUT2D eigenvalue weighted by molar-refractivity contribution is 6.19. The van der Waals surface area contributed by atoms with E-state index in [1.807, 2.05) is 0 Å². The second-order valence-electron chi connectivity index (χ2n) is 4.02. The lowest BCUT2D eigenvalue weighted by molar-refractivity contribution is 0.278. The van der Waals surface area contributed by atoms with Crippen molar-refractivity contribution in [1.82, 2.24) is 9.80 Å². The molecule has 1 fully saturated rings. The molecule has 1 unspecified atom stereocenters. The largest absolute Gasteiger partial charge is 0.305 e. The van der Waals surface area contributed by atoms with Crippen molar-refractivity contribution in [1.29, 1.82) is 0 Å². The van der Waals surface area contributed by atoms with Gasteiger partial charge in [-0.05, 0) is 26.1 Å². The van der Waals surface area contributed by atoms with E-state index >= 15 is 0 Å². The van der Waals surface area contributed by atoms with Gasteiger partial charge >= 0.3 is 0 Å². The van der Waals surface area contributed by atoms with Gasteiger partial charge in [0.2, 0.25) is 0 Å². The second-order valence-corrected chi connectivity index (χ2v) is 4.29. The molecule has 0 amide bonds. The summed E-state index contributed by atoms with van der Waals surface area (Å²) in [4.78, 5) is 4.72. The third-order valence-electron chi connectivity index (χ3n) is 2.61. The van der Waals surface area contributed by atoms with Crippen LogP contribution in [0.2, 0.25) is 0 Å². The Morgan fingerprint density at radius 2 is 2.31 bits per heavy atom. The summed E-state index contributed by atoms with van der Waals surface area (Å²) in [6.45, 7) is 7.22. The van der Waals surface area contributed by atoms with Crippen LogP contribution in [0.5, 0.6) is 0 Å². The van der Waals surface area contributed by atoms with E-state index in [-0.39, 0.29) is 0 Å². The van der Waals surface area contributed by atoms with Gasteiger partial charge in [-0.25, -0.2) is 0 Å². The van der Waals surface area contributed by atoms with E-state index in [0.29, 0.717) is 11.9 Å². The van der Waals surface area contributed by atoms with Crippen LogP contribution in [0.3, 0.4) is 0 Å². The average Bonchev–Trinajstić information content (AvgIpc) is 2.52. The van der Waals surface area contributed by atoms with Crippen molar-refractivity contribution in [3.63, 3.8) is 0 Å². The van der Waals surface area contributed by atoms with Crippen molar-refractivity contribution < 1.29 is 0 Å². The van der Waals surface area contributed by atoms with Gasteiger partial charge in [-0.2, -0.15) is 0 Å². The molecule has 0 saturated carbocycles. The van der Waals surface area contributed by atoms with Crippen molar-refractivity contribution in [2.24, 2.45) is 0 Å². The second kappa shape index (κ2) is 4.99. The fourth-order valence-corrected chi connectivity index (χ4v) is 1.82. The predicted molar refractivity (Wildman–Crippen MR) is 58.4 cm³/mol. The molecule has 0 N–H and O–H groups in total. The molecule has 13 heavy (non-hydrogen) atoms. The monoisotopic (exact) mass is 202 g/mol. The van der Waals surface area contributed by atoms with Crippen LogP contribution in [-0.2, 0) is 0 Å². The van der Waals surface area contributed by atoms with Crippen LogP contribution in [0.25, 0.3) is 0 Å². The molecule has 0 aromatic rings. The third kappa shape index (κ3) is 3.29. The first-order chi connectivity index (χ1) is 6.13. The summed E-state index contributed by atoms with van der Waals surface area (Å²) in [6.07, 6.45) is 1.27. The van der Waals surface area contributed by atoms with Crippen molar-refractivity contribution in [3.8, 4) is 0 Å². The first kappa shape index (κ1) is 11.0. The maximum atomic E-state index is 5.69. The Kier molecular flexibility index (Phi) is 4.23. The van der Waals surface area contributed by atoms with Crippen molar-refractivity contribution in [3.05, 3.63) is 12.2 Å². The molecule has 0 aromatic carbocycles. The highest BCUT2D eigenvalue weighted by Crippen LogP contribution is 2.14. The molecule has 1 aliphatic rings. The standard InChI is InChI=1S/C10H19ClN2/c1-9(6-11)7-13-5-4-10(8-13)12(2)3/h10H,1,4-8H2,2-3H3. The lowest BCUT2D eigenvalue weighted by atomic mass is 10.2. The van der Waals surface area contributed by atoms with E-state index < -0.39 is 0 Å². The van der Waals surface area contributed by atoms with E-state index in [4.69, 9.17) is 11.6 Å². The fourth-order valence-electron chi connectivity index (χ4n) is 1.74. The molecule has 1 heterocycles. The highest BCUT2D eigenvalue weighted by atomic mass is 35.5. The Labute approximate surface area is 86.2 Å². The highest BCUT2D eigenvalue weighted by Gasteiger charge is 2.23. The lowest BCUT2D eigenvalue weighted by Gasteiger charge is -2.20. The Bertz CT molecular complexity index is 180. The van der Waals surface area contributed by atoms with Gasteiger partial charge in [-0.1, -0.05) is 6.58 Å². The molecule has 0 radical (unpaired) electrons. The molecule has 0 aromatic heterocycles. The number of likely N-dealkylation sites (tertiary alicyclic amines) is 1. The molecular weight excluding hydrogens is 184 g/mol. The minimum absolute atomic E-state index is 0.586. The van der Waals surface area contributed by atoms with Gasteiger partial charge in [0.25, 0.3) is 0 Å². The summed E-state index contributed by atoms with van der Waals surface area (Å²) >= 11 is 5.69. The lowest BCUT2D eigenvalue weighted by Crippen LogP contribution is -2.32. The Morgan fingerprint density at radius 3 is 2.77 bits per heavy atom. The number of alkyl halides is 1. The van der Waals surface area contributed by atoms with E-state index in [1.165, 1.54) is 13.0 Å². The van der Waals surface area contributed by atoms with Crippen LogP contribution < -0.4 is 0 Å². The van der Waals surface area contributed by atoms with E-state index in [2.05, 4.69) is 30.5 Å². The summed E-state index contributed by atoms with van der Waals surface area (Å²) in [5, 5.41) is 0. The summed E-state index contributed by atoms with van der Waals surface area (Å²) in [5.74, 6) is 0.586. The normalized spacial score (nSPS) is 24.2. The van der Waals surface area contributed by atoms with E-state index in [1.54, 1.807) is 0 Å². The van der Waals surface area contributed by atoms with Crippen molar-refractivity contribution >= 4 is 11.6 Å². The molecule has 76 valence electrons. The number of nitrogens with zero attached hydrogens (tertiary/aromatic N) is 2. The molecule has 3 heteroatoms.